The van der Waals surface area contributed by atoms with Crippen LogP contribution in [0.25, 0.3) is 0 Å². The molecule has 0 unspecified atom stereocenters. The highest BCUT2D eigenvalue weighted by Crippen LogP contribution is 2.12. The van der Waals surface area contributed by atoms with Crippen LogP contribution in [-0.4, -0.2) is 22.7 Å². The van der Waals surface area contributed by atoms with E-state index in [2.05, 4.69) is 18.8 Å². The Labute approximate surface area is 95.3 Å². The van der Waals surface area contributed by atoms with Gasteiger partial charge in [0, 0.05) is 12.3 Å². The molecule has 4 heteroatoms. The lowest BCUT2D eigenvalue weighted by Gasteiger charge is -2.07. The molecule has 0 spiro atoms. The minimum absolute atomic E-state index is 0.0151. The molecule has 1 rings (SSSR count). The number of carbonyl (C=O) groups is 1. The number of carboxylic acid groups (broad SMARTS) is 1. The number of aromatic carboxylic acids is 1. The summed E-state index contributed by atoms with van der Waals surface area (Å²) in [6, 6.07) is 3.11. The molecule has 1 aromatic heterocycles. The lowest BCUT2D eigenvalue weighted by Crippen LogP contribution is -2.03. The molecule has 0 aliphatic rings. The first-order chi connectivity index (χ1) is 7.59. The molecule has 88 valence electrons. The highest BCUT2D eigenvalue weighted by molar-refractivity contribution is 5.85. The van der Waals surface area contributed by atoms with Gasteiger partial charge in [-0.25, -0.2) is 9.78 Å². The molecule has 0 bridgehead atoms. The summed E-state index contributed by atoms with van der Waals surface area (Å²) in [7, 11) is 0. The molecule has 1 N–H and O–H groups in total. The molecule has 0 amide bonds. The van der Waals surface area contributed by atoms with Gasteiger partial charge < -0.3 is 9.84 Å². The van der Waals surface area contributed by atoms with Crippen LogP contribution in [-0.2, 0) is 0 Å². The molecule has 1 heterocycles. The van der Waals surface area contributed by atoms with E-state index in [1.54, 1.807) is 6.07 Å². The van der Waals surface area contributed by atoms with E-state index in [1.807, 2.05) is 0 Å². The van der Waals surface area contributed by atoms with E-state index in [0.29, 0.717) is 18.3 Å². The first-order valence-corrected chi connectivity index (χ1v) is 5.41. The Morgan fingerprint density at radius 1 is 1.56 bits per heavy atom. The van der Waals surface area contributed by atoms with Gasteiger partial charge >= 0.3 is 5.97 Å². The largest absolute Gasteiger partial charge is 0.493 e. The molecule has 1 aromatic rings. The SMILES string of the molecule is CC(C)CCCOc1ccnc(C(=O)O)c1. The summed E-state index contributed by atoms with van der Waals surface area (Å²) in [5.74, 6) is 0.194. The fourth-order valence-corrected chi connectivity index (χ4v) is 1.30. The fourth-order valence-electron chi connectivity index (χ4n) is 1.30. The van der Waals surface area contributed by atoms with Gasteiger partial charge in [0.05, 0.1) is 6.61 Å². The molecule has 0 aromatic carbocycles. The Bertz CT molecular complexity index is 350. The Balaban J connectivity index is 2.42. The van der Waals surface area contributed by atoms with E-state index < -0.39 is 5.97 Å². The molecule has 4 nitrogen and oxygen atoms in total. The highest BCUT2D eigenvalue weighted by atomic mass is 16.5. The predicted molar refractivity (Wildman–Crippen MR) is 60.8 cm³/mol. The van der Waals surface area contributed by atoms with E-state index in [1.165, 1.54) is 12.3 Å². The van der Waals surface area contributed by atoms with Crippen molar-refractivity contribution in [3.63, 3.8) is 0 Å². The zero-order chi connectivity index (χ0) is 12.0. The van der Waals surface area contributed by atoms with Crippen molar-refractivity contribution >= 4 is 5.97 Å². The number of nitrogens with zero attached hydrogens (tertiary/aromatic N) is 1. The third-order valence-corrected chi connectivity index (χ3v) is 2.15. The predicted octanol–water partition coefficient (Wildman–Crippen LogP) is 2.59. The molecular formula is C12H17NO3. The summed E-state index contributed by atoms with van der Waals surface area (Å²) in [6.45, 7) is 4.94. The first-order valence-electron chi connectivity index (χ1n) is 5.41. The van der Waals surface area contributed by atoms with Crippen LogP contribution in [0.1, 0.15) is 37.2 Å². The number of hydrogen-bond donors (Lipinski definition) is 1. The number of ether oxygens (including phenoxy) is 1. The van der Waals surface area contributed by atoms with Crippen molar-refractivity contribution in [2.45, 2.75) is 26.7 Å². The Morgan fingerprint density at radius 3 is 2.94 bits per heavy atom. The Morgan fingerprint density at radius 2 is 2.31 bits per heavy atom. The minimum Gasteiger partial charge on any atom is -0.493 e. The van der Waals surface area contributed by atoms with Crippen molar-refractivity contribution < 1.29 is 14.6 Å². The number of pyridine rings is 1. The monoisotopic (exact) mass is 223 g/mol. The molecule has 0 saturated heterocycles. The average Bonchev–Trinajstić information content (AvgIpc) is 2.24. The summed E-state index contributed by atoms with van der Waals surface area (Å²) in [5, 5.41) is 8.74. The molecule has 0 radical (unpaired) electrons. The standard InChI is InChI=1S/C12H17NO3/c1-9(2)4-3-7-16-10-5-6-13-11(8-10)12(14)15/h5-6,8-9H,3-4,7H2,1-2H3,(H,14,15). The van der Waals surface area contributed by atoms with Crippen LogP contribution in [0.4, 0.5) is 0 Å². The van der Waals surface area contributed by atoms with Gasteiger partial charge in [-0.3, -0.25) is 0 Å². The maximum atomic E-state index is 10.7. The van der Waals surface area contributed by atoms with Crippen molar-refractivity contribution in [2.75, 3.05) is 6.61 Å². The number of carboxylic acids is 1. The molecular weight excluding hydrogens is 206 g/mol. The van der Waals surface area contributed by atoms with E-state index >= 15 is 0 Å². The Kier molecular flexibility index (Phi) is 4.76. The number of rotatable bonds is 6. The topological polar surface area (TPSA) is 59.4 Å². The van der Waals surface area contributed by atoms with Crippen LogP contribution >= 0.6 is 0 Å². The molecule has 0 fully saturated rings. The smallest absolute Gasteiger partial charge is 0.354 e. The van der Waals surface area contributed by atoms with E-state index in [0.717, 1.165) is 12.8 Å². The average molecular weight is 223 g/mol. The van der Waals surface area contributed by atoms with Gasteiger partial charge in [-0.2, -0.15) is 0 Å². The van der Waals surface area contributed by atoms with Gasteiger partial charge in [-0.1, -0.05) is 13.8 Å². The van der Waals surface area contributed by atoms with Crippen molar-refractivity contribution in [1.29, 1.82) is 0 Å². The fraction of sp³-hybridized carbons (Fsp3) is 0.500. The number of aromatic nitrogens is 1. The van der Waals surface area contributed by atoms with Crippen molar-refractivity contribution in [1.82, 2.24) is 4.98 Å². The van der Waals surface area contributed by atoms with E-state index in [4.69, 9.17) is 9.84 Å². The summed E-state index contributed by atoms with van der Waals surface area (Å²) >= 11 is 0. The van der Waals surface area contributed by atoms with Crippen LogP contribution in [0, 0.1) is 5.92 Å². The van der Waals surface area contributed by atoms with Crippen LogP contribution in [0.3, 0.4) is 0 Å². The van der Waals surface area contributed by atoms with Crippen molar-refractivity contribution in [2.24, 2.45) is 5.92 Å². The van der Waals surface area contributed by atoms with Crippen LogP contribution in [0.5, 0.6) is 5.75 Å². The molecule has 0 atom stereocenters. The Hall–Kier alpha value is -1.58. The van der Waals surface area contributed by atoms with Gasteiger partial charge in [0.2, 0.25) is 0 Å². The second-order valence-electron chi connectivity index (χ2n) is 4.07. The van der Waals surface area contributed by atoms with E-state index in [9.17, 15) is 4.79 Å². The zero-order valence-electron chi connectivity index (χ0n) is 9.64. The molecule has 0 aliphatic heterocycles. The van der Waals surface area contributed by atoms with Gasteiger partial charge in [-0.15, -0.1) is 0 Å². The van der Waals surface area contributed by atoms with Gasteiger partial charge in [0.15, 0.2) is 5.69 Å². The van der Waals surface area contributed by atoms with Crippen LogP contribution in [0.15, 0.2) is 18.3 Å². The minimum atomic E-state index is -1.03. The maximum Gasteiger partial charge on any atom is 0.354 e. The van der Waals surface area contributed by atoms with E-state index in [-0.39, 0.29) is 5.69 Å². The number of hydrogen-bond acceptors (Lipinski definition) is 3. The molecule has 16 heavy (non-hydrogen) atoms. The lowest BCUT2D eigenvalue weighted by molar-refractivity contribution is 0.0690. The molecule has 0 saturated carbocycles. The summed E-state index contributed by atoms with van der Waals surface area (Å²) in [6.07, 6.45) is 3.53. The highest BCUT2D eigenvalue weighted by Gasteiger charge is 2.05. The zero-order valence-corrected chi connectivity index (χ0v) is 9.64. The third kappa shape index (κ3) is 4.29. The van der Waals surface area contributed by atoms with Crippen molar-refractivity contribution in [3.8, 4) is 5.75 Å². The quantitative estimate of drug-likeness (QED) is 0.753. The van der Waals surface area contributed by atoms with Crippen LogP contribution in [0.2, 0.25) is 0 Å². The second-order valence-corrected chi connectivity index (χ2v) is 4.07. The van der Waals surface area contributed by atoms with Crippen LogP contribution < -0.4 is 4.74 Å². The van der Waals surface area contributed by atoms with Crippen molar-refractivity contribution in [3.05, 3.63) is 24.0 Å². The lowest BCUT2D eigenvalue weighted by atomic mass is 10.1. The first kappa shape index (κ1) is 12.5. The summed E-state index contributed by atoms with van der Waals surface area (Å²) in [5.41, 5.74) is 0.0151. The molecule has 0 aliphatic carbocycles. The summed E-state index contributed by atoms with van der Waals surface area (Å²) < 4.78 is 5.44. The third-order valence-electron chi connectivity index (χ3n) is 2.15. The summed E-state index contributed by atoms with van der Waals surface area (Å²) in [4.78, 5) is 14.4. The maximum absolute atomic E-state index is 10.7. The van der Waals surface area contributed by atoms with Gasteiger partial charge in [-0.05, 0) is 24.8 Å². The second kappa shape index (κ2) is 6.10. The van der Waals surface area contributed by atoms with Gasteiger partial charge in [0.25, 0.3) is 0 Å². The van der Waals surface area contributed by atoms with Gasteiger partial charge in [0.1, 0.15) is 5.75 Å². The normalized spacial score (nSPS) is 10.4.